The molecule has 0 aliphatic carbocycles. The van der Waals surface area contributed by atoms with E-state index >= 15 is 0 Å². The summed E-state index contributed by atoms with van der Waals surface area (Å²) in [6.45, 7) is 0. The number of nitriles is 1. The summed E-state index contributed by atoms with van der Waals surface area (Å²) in [6, 6.07) is 15.3. The van der Waals surface area contributed by atoms with E-state index in [0.717, 1.165) is 17.0 Å². The quantitative estimate of drug-likeness (QED) is 0.789. The Labute approximate surface area is 99.1 Å². The monoisotopic (exact) mass is 228 g/mol. The van der Waals surface area contributed by atoms with Crippen LogP contribution >= 0.6 is 11.6 Å². The summed E-state index contributed by atoms with van der Waals surface area (Å²) in [5, 5.41) is 9.30. The summed E-state index contributed by atoms with van der Waals surface area (Å²) in [4.78, 5) is 4.39. The van der Waals surface area contributed by atoms with Crippen LogP contribution in [0.3, 0.4) is 0 Å². The van der Waals surface area contributed by atoms with Gasteiger partial charge in [0.05, 0.1) is 23.9 Å². The number of halogens is 1. The first-order valence-corrected chi connectivity index (χ1v) is 5.26. The van der Waals surface area contributed by atoms with Gasteiger partial charge in [-0.05, 0) is 24.3 Å². The van der Waals surface area contributed by atoms with Crippen molar-refractivity contribution in [3.63, 3.8) is 0 Å². The highest BCUT2D eigenvalue weighted by atomic mass is 35.5. The normalized spacial score (nSPS) is 9.75. The summed E-state index contributed by atoms with van der Waals surface area (Å²) in [7, 11) is 0. The molecule has 2 aromatic rings. The van der Waals surface area contributed by atoms with Crippen molar-refractivity contribution in [2.45, 2.75) is 6.42 Å². The van der Waals surface area contributed by atoms with E-state index in [0.29, 0.717) is 11.4 Å². The van der Waals surface area contributed by atoms with Gasteiger partial charge in [0, 0.05) is 10.6 Å². The zero-order valence-electron chi connectivity index (χ0n) is 8.52. The average Bonchev–Trinajstić information content (AvgIpc) is 2.30. The second-order valence-electron chi connectivity index (χ2n) is 3.36. The van der Waals surface area contributed by atoms with Crippen LogP contribution in [0.15, 0.2) is 42.5 Å². The summed E-state index contributed by atoms with van der Waals surface area (Å²) < 4.78 is 0. The number of rotatable bonds is 2. The lowest BCUT2D eigenvalue weighted by molar-refractivity contribution is 1.12. The highest BCUT2D eigenvalue weighted by molar-refractivity contribution is 6.30. The number of pyridine rings is 1. The van der Waals surface area contributed by atoms with Gasteiger partial charge in [-0.2, -0.15) is 5.26 Å². The molecule has 2 rings (SSSR count). The lowest BCUT2D eigenvalue weighted by Gasteiger charge is -2.02. The molecule has 78 valence electrons. The molecule has 16 heavy (non-hydrogen) atoms. The van der Waals surface area contributed by atoms with E-state index in [-0.39, 0.29) is 0 Å². The van der Waals surface area contributed by atoms with Crippen molar-refractivity contribution in [1.29, 1.82) is 5.26 Å². The molecule has 0 atom stereocenters. The molecule has 0 aliphatic heterocycles. The Morgan fingerprint density at radius 2 is 2.00 bits per heavy atom. The van der Waals surface area contributed by atoms with Crippen molar-refractivity contribution in [2.24, 2.45) is 0 Å². The average molecular weight is 229 g/mol. The fourth-order valence-corrected chi connectivity index (χ4v) is 1.66. The third kappa shape index (κ3) is 2.39. The van der Waals surface area contributed by atoms with Crippen LogP contribution in [0.5, 0.6) is 0 Å². The molecule has 0 fully saturated rings. The van der Waals surface area contributed by atoms with Gasteiger partial charge in [0.15, 0.2) is 0 Å². The van der Waals surface area contributed by atoms with Gasteiger partial charge in [0.2, 0.25) is 0 Å². The second-order valence-corrected chi connectivity index (χ2v) is 3.80. The van der Waals surface area contributed by atoms with Crippen LogP contribution in [-0.4, -0.2) is 4.98 Å². The highest BCUT2D eigenvalue weighted by Crippen LogP contribution is 2.20. The fraction of sp³-hybridized carbons (Fsp3) is 0.0769. The van der Waals surface area contributed by atoms with Crippen LogP contribution in [0.2, 0.25) is 5.02 Å². The molecule has 1 aromatic heterocycles. The Kier molecular flexibility index (Phi) is 3.19. The molecule has 0 aliphatic rings. The van der Waals surface area contributed by atoms with E-state index in [9.17, 15) is 0 Å². The first kappa shape index (κ1) is 10.7. The molecule has 1 aromatic carbocycles. The fourth-order valence-electron chi connectivity index (χ4n) is 1.47. The third-order valence-electron chi connectivity index (χ3n) is 2.19. The summed E-state index contributed by atoms with van der Waals surface area (Å²) in [5.41, 5.74) is 2.59. The van der Waals surface area contributed by atoms with Crippen LogP contribution in [-0.2, 0) is 6.42 Å². The predicted octanol–water partition coefficient (Wildman–Crippen LogP) is 3.47. The van der Waals surface area contributed by atoms with Gasteiger partial charge in [-0.1, -0.05) is 29.8 Å². The van der Waals surface area contributed by atoms with Crippen molar-refractivity contribution in [1.82, 2.24) is 4.98 Å². The van der Waals surface area contributed by atoms with Crippen LogP contribution in [0.4, 0.5) is 0 Å². The number of nitrogens with zero attached hydrogens (tertiary/aromatic N) is 2. The van der Waals surface area contributed by atoms with Crippen LogP contribution < -0.4 is 0 Å². The lowest BCUT2D eigenvalue weighted by atomic mass is 10.1. The van der Waals surface area contributed by atoms with Crippen molar-refractivity contribution < 1.29 is 0 Å². The molecule has 3 heteroatoms. The van der Waals surface area contributed by atoms with Crippen molar-refractivity contribution in [3.05, 3.63) is 53.2 Å². The minimum atomic E-state index is 0.328. The highest BCUT2D eigenvalue weighted by Gasteiger charge is 2.01. The largest absolute Gasteiger partial charge is 0.252 e. The zero-order valence-corrected chi connectivity index (χ0v) is 9.28. The Morgan fingerprint density at radius 1 is 1.19 bits per heavy atom. The summed E-state index contributed by atoms with van der Waals surface area (Å²) >= 11 is 5.92. The van der Waals surface area contributed by atoms with Crippen LogP contribution in [0.25, 0.3) is 11.3 Å². The molecule has 0 saturated heterocycles. The van der Waals surface area contributed by atoms with Gasteiger partial charge in [0.25, 0.3) is 0 Å². The minimum absolute atomic E-state index is 0.328. The minimum Gasteiger partial charge on any atom is -0.252 e. The number of benzene rings is 1. The molecule has 0 unspecified atom stereocenters. The standard InChI is InChI=1S/C13H9ClN2/c14-11-4-1-3-10(9-11)13-6-2-5-12(16-13)7-8-15/h1-6,9H,7H2. The lowest BCUT2D eigenvalue weighted by Crippen LogP contribution is -1.90. The Bertz CT molecular complexity index is 544. The van der Waals surface area contributed by atoms with Gasteiger partial charge >= 0.3 is 0 Å². The van der Waals surface area contributed by atoms with E-state index in [4.69, 9.17) is 16.9 Å². The molecule has 0 saturated carbocycles. The molecule has 0 bridgehead atoms. The molecule has 1 heterocycles. The zero-order chi connectivity index (χ0) is 11.4. The van der Waals surface area contributed by atoms with Gasteiger partial charge < -0.3 is 0 Å². The predicted molar refractivity (Wildman–Crippen MR) is 64.0 cm³/mol. The molecule has 0 spiro atoms. The smallest absolute Gasteiger partial charge is 0.0774 e. The van der Waals surface area contributed by atoms with Gasteiger partial charge in [-0.3, -0.25) is 4.98 Å². The van der Waals surface area contributed by atoms with E-state index in [2.05, 4.69) is 11.1 Å². The molecule has 0 radical (unpaired) electrons. The maximum Gasteiger partial charge on any atom is 0.0774 e. The molecule has 0 N–H and O–H groups in total. The van der Waals surface area contributed by atoms with Crippen molar-refractivity contribution >= 4 is 11.6 Å². The summed E-state index contributed by atoms with van der Waals surface area (Å²) in [6.07, 6.45) is 0.328. The number of aromatic nitrogens is 1. The summed E-state index contributed by atoms with van der Waals surface area (Å²) in [5.74, 6) is 0. The molecular formula is C13H9ClN2. The van der Waals surface area contributed by atoms with Crippen LogP contribution in [0.1, 0.15) is 5.69 Å². The number of hydrogen-bond acceptors (Lipinski definition) is 2. The third-order valence-corrected chi connectivity index (χ3v) is 2.42. The van der Waals surface area contributed by atoms with E-state index < -0.39 is 0 Å². The Morgan fingerprint density at radius 3 is 2.75 bits per heavy atom. The maximum atomic E-state index is 8.61. The van der Waals surface area contributed by atoms with E-state index in [1.54, 1.807) is 0 Å². The van der Waals surface area contributed by atoms with Gasteiger partial charge in [-0.15, -0.1) is 0 Å². The van der Waals surface area contributed by atoms with E-state index in [1.165, 1.54) is 0 Å². The van der Waals surface area contributed by atoms with E-state index in [1.807, 2.05) is 42.5 Å². The first-order chi connectivity index (χ1) is 7.79. The number of hydrogen-bond donors (Lipinski definition) is 0. The van der Waals surface area contributed by atoms with Crippen molar-refractivity contribution in [2.75, 3.05) is 0 Å². The van der Waals surface area contributed by atoms with Crippen molar-refractivity contribution in [3.8, 4) is 17.3 Å². The van der Waals surface area contributed by atoms with Crippen LogP contribution in [0, 0.1) is 11.3 Å². The second kappa shape index (κ2) is 4.78. The topological polar surface area (TPSA) is 36.7 Å². The SMILES string of the molecule is N#CCc1cccc(-c2cccc(Cl)c2)n1. The van der Waals surface area contributed by atoms with Gasteiger partial charge in [0.1, 0.15) is 0 Å². The molecule has 0 amide bonds. The first-order valence-electron chi connectivity index (χ1n) is 4.88. The molecular weight excluding hydrogens is 220 g/mol. The maximum absolute atomic E-state index is 8.61. The van der Waals surface area contributed by atoms with Gasteiger partial charge in [-0.25, -0.2) is 0 Å². The molecule has 2 nitrogen and oxygen atoms in total. The Balaban J connectivity index is 2.41. The Hall–Kier alpha value is -1.85.